The van der Waals surface area contributed by atoms with Crippen LogP contribution in [0.3, 0.4) is 0 Å². The van der Waals surface area contributed by atoms with Crippen molar-refractivity contribution in [3.05, 3.63) is 59.7 Å². The van der Waals surface area contributed by atoms with Crippen molar-refractivity contribution in [2.24, 2.45) is 0 Å². The van der Waals surface area contributed by atoms with Gasteiger partial charge >= 0.3 is 0 Å². The predicted molar refractivity (Wildman–Crippen MR) is 95.0 cm³/mol. The normalized spacial score (nSPS) is 15.5. The van der Waals surface area contributed by atoms with Crippen LogP contribution in [0.1, 0.15) is 12.5 Å². The first kappa shape index (κ1) is 17.8. The lowest BCUT2D eigenvalue weighted by molar-refractivity contribution is -0.123. The fourth-order valence-corrected chi connectivity index (χ4v) is 3.04. The quantitative estimate of drug-likeness (QED) is 0.862. The van der Waals surface area contributed by atoms with Crippen LogP contribution in [0, 0.1) is 11.6 Å². The van der Waals surface area contributed by atoms with Crippen molar-refractivity contribution in [3.63, 3.8) is 0 Å². The van der Waals surface area contributed by atoms with Crippen molar-refractivity contribution in [1.82, 2.24) is 5.32 Å². The number of nitrogens with one attached hydrogen (secondary N) is 2. The molecule has 3 rings (SSSR count). The van der Waals surface area contributed by atoms with E-state index < -0.39 is 17.5 Å². The van der Waals surface area contributed by atoms with Crippen LogP contribution < -0.4 is 15.5 Å². The number of para-hydroxylation sites is 1. The number of nitrogens with zero attached hydrogens (tertiary/aromatic N) is 1. The molecule has 0 bridgehead atoms. The van der Waals surface area contributed by atoms with E-state index >= 15 is 0 Å². The molecule has 2 N–H and O–H groups in total. The first-order valence-corrected chi connectivity index (χ1v) is 8.30. The second-order valence-electron chi connectivity index (χ2n) is 6.26. The molecular formula is C19H19F2N3O2. The molecule has 2 amide bonds. The van der Waals surface area contributed by atoms with Gasteiger partial charge in [-0.25, -0.2) is 8.78 Å². The molecule has 7 heteroatoms. The van der Waals surface area contributed by atoms with Crippen molar-refractivity contribution in [2.75, 3.05) is 23.3 Å². The molecule has 0 fully saturated rings. The number of halogens is 2. The molecule has 0 saturated heterocycles. The molecule has 0 radical (unpaired) electrons. The van der Waals surface area contributed by atoms with Crippen molar-refractivity contribution in [3.8, 4) is 0 Å². The Morgan fingerprint density at radius 3 is 2.65 bits per heavy atom. The molecule has 0 aliphatic carbocycles. The zero-order valence-corrected chi connectivity index (χ0v) is 14.3. The molecule has 1 aliphatic rings. The van der Waals surface area contributed by atoms with Gasteiger partial charge in [0, 0.05) is 23.5 Å². The molecule has 26 heavy (non-hydrogen) atoms. The van der Waals surface area contributed by atoms with Crippen LogP contribution in [0.4, 0.5) is 20.2 Å². The molecule has 0 aromatic heterocycles. The Morgan fingerprint density at radius 1 is 1.12 bits per heavy atom. The summed E-state index contributed by atoms with van der Waals surface area (Å²) in [6.45, 7) is 1.95. The molecule has 5 nitrogen and oxygen atoms in total. The number of carbonyl (C=O) groups excluding carboxylic acids is 2. The maximum Gasteiger partial charge on any atom is 0.243 e. The highest BCUT2D eigenvalue weighted by atomic mass is 19.2. The van der Waals surface area contributed by atoms with E-state index in [1.807, 2.05) is 36.1 Å². The third-order valence-electron chi connectivity index (χ3n) is 4.31. The number of hydrogen-bond donors (Lipinski definition) is 2. The number of amides is 2. The summed E-state index contributed by atoms with van der Waals surface area (Å²) in [5.41, 5.74) is 2.36. The molecule has 1 atom stereocenters. The van der Waals surface area contributed by atoms with E-state index in [1.54, 1.807) is 0 Å². The van der Waals surface area contributed by atoms with Crippen LogP contribution in [0.25, 0.3) is 0 Å². The number of carbonyl (C=O) groups is 2. The van der Waals surface area contributed by atoms with Gasteiger partial charge in [0.1, 0.15) is 0 Å². The molecule has 0 spiro atoms. The van der Waals surface area contributed by atoms with Gasteiger partial charge < -0.3 is 15.5 Å². The van der Waals surface area contributed by atoms with Gasteiger partial charge in [-0.3, -0.25) is 9.59 Å². The smallest absolute Gasteiger partial charge is 0.243 e. The van der Waals surface area contributed by atoms with Gasteiger partial charge in [-0.15, -0.1) is 0 Å². The maximum absolute atomic E-state index is 13.1. The highest BCUT2D eigenvalue weighted by Gasteiger charge is 2.27. The number of hydrogen-bond acceptors (Lipinski definition) is 3. The third-order valence-corrected chi connectivity index (χ3v) is 4.31. The van der Waals surface area contributed by atoms with Crippen LogP contribution in [-0.2, 0) is 16.0 Å². The van der Waals surface area contributed by atoms with E-state index in [2.05, 4.69) is 10.6 Å². The summed E-state index contributed by atoms with van der Waals surface area (Å²) in [6.07, 6.45) is 0.875. The van der Waals surface area contributed by atoms with Crippen molar-refractivity contribution in [2.45, 2.75) is 19.4 Å². The summed E-state index contributed by atoms with van der Waals surface area (Å²) in [5.74, 6) is -2.84. The second kappa shape index (κ2) is 7.51. The van der Waals surface area contributed by atoms with E-state index in [0.29, 0.717) is 0 Å². The Hall–Kier alpha value is -2.96. The van der Waals surface area contributed by atoms with Crippen LogP contribution in [0.5, 0.6) is 0 Å². The molecule has 2 aromatic carbocycles. The van der Waals surface area contributed by atoms with Gasteiger partial charge in [0.05, 0.1) is 13.1 Å². The second-order valence-corrected chi connectivity index (χ2v) is 6.26. The summed E-state index contributed by atoms with van der Waals surface area (Å²) in [5, 5.41) is 4.96. The Balaban J connectivity index is 1.51. The minimum atomic E-state index is -1.05. The van der Waals surface area contributed by atoms with Gasteiger partial charge in [-0.1, -0.05) is 18.2 Å². The third kappa shape index (κ3) is 3.99. The van der Waals surface area contributed by atoms with E-state index in [1.165, 1.54) is 11.6 Å². The largest absolute Gasteiger partial charge is 0.359 e. The first-order valence-electron chi connectivity index (χ1n) is 8.30. The average Bonchev–Trinajstić information content (AvgIpc) is 2.92. The highest BCUT2D eigenvalue weighted by Crippen LogP contribution is 2.31. The van der Waals surface area contributed by atoms with E-state index in [4.69, 9.17) is 0 Å². The topological polar surface area (TPSA) is 61.4 Å². The monoisotopic (exact) mass is 359 g/mol. The van der Waals surface area contributed by atoms with Crippen molar-refractivity contribution in [1.29, 1.82) is 0 Å². The maximum atomic E-state index is 13.1. The van der Waals surface area contributed by atoms with Crippen molar-refractivity contribution >= 4 is 23.2 Å². The molecule has 1 heterocycles. The molecule has 0 saturated carbocycles. The Kier molecular flexibility index (Phi) is 5.16. The zero-order valence-electron chi connectivity index (χ0n) is 14.3. The van der Waals surface area contributed by atoms with Crippen LogP contribution in [0.15, 0.2) is 42.5 Å². The van der Waals surface area contributed by atoms with Gasteiger partial charge in [-0.2, -0.15) is 0 Å². The Labute approximate surface area is 150 Å². The van der Waals surface area contributed by atoms with E-state index in [-0.39, 0.29) is 30.7 Å². The number of anilines is 2. The SMILES string of the molecule is C[C@@H]1Cc2ccccc2N1CC(=O)NCC(=O)Nc1ccc(F)c(F)c1. The fourth-order valence-electron chi connectivity index (χ4n) is 3.04. The summed E-state index contributed by atoms with van der Waals surface area (Å²) >= 11 is 0. The number of benzene rings is 2. The molecule has 1 aliphatic heterocycles. The van der Waals surface area contributed by atoms with Crippen molar-refractivity contribution < 1.29 is 18.4 Å². The number of fused-ring (bicyclic) bond motifs is 1. The molecule has 136 valence electrons. The lowest BCUT2D eigenvalue weighted by atomic mass is 10.1. The lowest BCUT2D eigenvalue weighted by Crippen LogP contribution is -2.42. The summed E-state index contributed by atoms with van der Waals surface area (Å²) < 4.78 is 26.0. The molecular weight excluding hydrogens is 340 g/mol. The average molecular weight is 359 g/mol. The minimum Gasteiger partial charge on any atom is -0.359 e. The summed E-state index contributed by atoms with van der Waals surface area (Å²) in [7, 11) is 0. The fraction of sp³-hybridized carbons (Fsp3) is 0.263. The van der Waals surface area contributed by atoms with Gasteiger partial charge in [0.15, 0.2) is 11.6 Å². The standard InChI is InChI=1S/C19H19F2N3O2/c1-12-8-13-4-2-3-5-17(13)24(12)11-19(26)22-10-18(25)23-14-6-7-15(20)16(21)9-14/h2-7,9,12H,8,10-11H2,1H3,(H,22,26)(H,23,25)/t12-/m1/s1. The van der Waals surface area contributed by atoms with Crippen LogP contribution in [-0.4, -0.2) is 30.9 Å². The first-order chi connectivity index (χ1) is 12.4. The van der Waals surface area contributed by atoms with Gasteiger partial charge in [0.2, 0.25) is 11.8 Å². The molecule has 0 unspecified atom stereocenters. The molecule has 2 aromatic rings. The predicted octanol–water partition coefficient (Wildman–Crippen LogP) is 2.47. The minimum absolute atomic E-state index is 0.130. The summed E-state index contributed by atoms with van der Waals surface area (Å²) in [4.78, 5) is 26.0. The Morgan fingerprint density at radius 2 is 1.88 bits per heavy atom. The Bertz CT molecular complexity index is 841. The highest BCUT2D eigenvalue weighted by molar-refractivity contribution is 5.95. The summed E-state index contributed by atoms with van der Waals surface area (Å²) in [6, 6.07) is 11.2. The van der Waals surface area contributed by atoms with Gasteiger partial charge in [-0.05, 0) is 37.1 Å². The van der Waals surface area contributed by atoms with E-state index in [0.717, 1.165) is 24.2 Å². The zero-order chi connectivity index (χ0) is 18.7. The number of rotatable bonds is 5. The van der Waals surface area contributed by atoms with Crippen LogP contribution in [0.2, 0.25) is 0 Å². The van der Waals surface area contributed by atoms with Crippen LogP contribution >= 0.6 is 0 Å². The van der Waals surface area contributed by atoms with E-state index in [9.17, 15) is 18.4 Å². The van der Waals surface area contributed by atoms with Gasteiger partial charge in [0.25, 0.3) is 0 Å². The lowest BCUT2D eigenvalue weighted by Gasteiger charge is -2.24.